The van der Waals surface area contributed by atoms with Gasteiger partial charge in [0.15, 0.2) is 0 Å². The van der Waals surface area contributed by atoms with Gasteiger partial charge in [0.2, 0.25) is 0 Å². The van der Waals surface area contributed by atoms with E-state index in [1.165, 1.54) is 30.4 Å². The monoisotopic (exact) mass is 258 g/mol. The van der Waals surface area contributed by atoms with Crippen molar-refractivity contribution >= 4 is 5.78 Å². The largest absolute Gasteiger partial charge is 0.299 e. The van der Waals surface area contributed by atoms with E-state index in [1.807, 2.05) is 0 Å². The normalized spacial score (nSPS) is 17.4. The van der Waals surface area contributed by atoms with Gasteiger partial charge in [0.1, 0.15) is 5.78 Å². The highest BCUT2D eigenvalue weighted by atomic mass is 16.1. The molecule has 1 heteroatoms. The standard InChI is InChI=1S/C18H26O/c1-18(2,3)16-11-9-14(10-12-16)13-17(19)15-7-5-4-6-8-15/h9-12,15H,4-8,13H2,1-3H3. The molecule has 104 valence electrons. The van der Waals surface area contributed by atoms with Crippen LogP contribution in [-0.2, 0) is 16.6 Å². The molecule has 0 bridgehead atoms. The average molecular weight is 258 g/mol. The Hall–Kier alpha value is -1.11. The quantitative estimate of drug-likeness (QED) is 0.769. The Kier molecular flexibility index (Phi) is 4.44. The van der Waals surface area contributed by atoms with Crippen LogP contribution in [0.3, 0.4) is 0 Å². The molecule has 19 heavy (non-hydrogen) atoms. The highest BCUT2D eigenvalue weighted by molar-refractivity contribution is 5.83. The number of hydrogen-bond donors (Lipinski definition) is 0. The Morgan fingerprint density at radius 1 is 1.05 bits per heavy atom. The minimum Gasteiger partial charge on any atom is -0.299 e. The van der Waals surface area contributed by atoms with Gasteiger partial charge in [-0.05, 0) is 29.4 Å². The maximum atomic E-state index is 12.2. The van der Waals surface area contributed by atoms with Crippen LogP contribution in [0.1, 0.15) is 64.0 Å². The molecule has 1 aliphatic carbocycles. The lowest BCUT2D eigenvalue weighted by Crippen LogP contribution is -2.19. The zero-order valence-corrected chi connectivity index (χ0v) is 12.5. The molecule has 0 aliphatic heterocycles. The summed E-state index contributed by atoms with van der Waals surface area (Å²) < 4.78 is 0. The van der Waals surface area contributed by atoms with E-state index in [0.29, 0.717) is 18.1 Å². The van der Waals surface area contributed by atoms with E-state index in [-0.39, 0.29) is 5.41 Å². The van der Waals surface area contributed by atoms with E-state index in [4.69, 9.17) is 0 Å². The zero-order chi connectivity index (χ0) is 13.9. The van der Waals surface area contributed by atoms with Crippen LogP contribution in [0, 0.1) is 5.92 Å². The molecule has 1 aromatic carbocycles. The van der Waals surface area contributed by atoms with Gasteiger partial charge in [0.05, 0.1) is 0 Å². The fraction of sp³-hybridized carbons (Fsp3) is 0.611. The lowest BCUT2D eigenvalue weighted by atomic mass is 9.83. The second-order valence-corrected chi connectivity index (χ2v) is 6.92. The third kappa shape index (κ3) is 3.92. The van der Waals surface area contributed by atoms with Gasteiger partial charge in [0.25, 0.3) is 0 Å². The number of Topliss-reactive ketones (excluding diaryl/α,β-unsaturated/α-hetero) is 1. The Morgan fingerprint density at radius 2 is 1.63 bits per heavy atom. The minimum absolute atomic E-state index is 0.186. The van der Waals surface area contributed by atoms with E-state index in [1.54, 1.807) is 0 Å². The summed E-state index contributed by atoms with van der Waals surface area (Å²) in [5, 5.41) is 0. The SMILES string of the molecule is CC(C)(C)c1ccc(CC(=O)C2CCCCC2)cc1. The molecular formula is C18H26O. The molecular weight excluding hydrogens is 232 g/mol. The molecule has 0 unspecified atom stereocenters. The summed E-state index contributed by atoms with van der Waals surface area (Å²) in [6.07, 6.45) is 6.62. The molecule has 1 aromatic rings. The molecule has 1 saturated carbocycles. The molecule has 0 radical (unpaired) electrons. The highest BCUT2D eigenvalue weighted by Crippen LogP contribution is 2.26. The van der Waals surface area contributed by atoms with Crippen LogP contribution >= 0.6 is 0 Å². The molecule has 2 rings (SSSR count). The second-order valence-electron chi connectivity index (χ2n) is 6.92. The molecule has 1 aliphatic rings. The second kappa shape index (κ2) is 5.90. The number of carbonyl (C=O) groups is 1. The van der Waals surface area contributed by atoms with Crippen molar-refractivity contribution in [1.29, 1.82) is 0 Å². The van der Waals surface area contributed by atoms with Crippen LogP contribution in [0.15, 0.2) is 24.3 Å². The van der Waals surface area contributed by atoms with Crippen LogP contribution in [0.5, 0.6) is 0 Å². The number of benzene rings is 1. The number of ketones is 1. The summed E-state index contributed by atoms with van der Waals surface area (Å²) in [5.74, 6) is 0.777. The van der Waals surface area contributed by atoms with Crippen LogP contribution in [0.4, 0.5) is 0 Å². The van der Waals surface area contributed by atoms with E-state index < -0.39 is 0 Å². The molecule has 1 nitrogen and oxygen atoms in total. The Labute approximate surface area is 117 Å². The van der Waals surface area contributed by atoms with E-state index in [0.717, 1.165) is 12.8 Å². The van der Waals surface area contributed by atoms with Crippen molar-refractivity contribution < 1.29 is 4.79 Å². The Morgan fingerprint density at radius 3 is 2.16 bits per heavy atom. The first-order chi connectivity index (χ1) is 8.97. The van der Waals surface area contributed by atoms with Crippen molar-refractivity contribution in [3.8, 4) is 0 Å². The average Bonchev–Trinajstić information content (AvgIpc) is 2.39. The van der Waals surface area contributed by atoms with Crippen molar-refractivity contribution in [3.63, 3.8) is 0 Å². The Balaban J connectivity index is 1.97. The first-order valence-electron chi connectivity index (χ1n) is 7.59. The molecule has 0 heterocycles. The first-order valence-corrected chi connectivity index (χ1v) is 7.59. The van der Waals surface area contributed by atoms with E-state index in [2.05, 4.69) is 45.0 Å². The first kappa shape index (κ1) is 14.3. The smallest absolute Gasteiger partial charge is 0.140 e. The third-order valence-electron chi connectivity index (χ3n) is 4.26. The van der Waals surface area contributed by atoms with Crippen LogP contribution < -0.4 is 0 Å². The minimum atomic E-state index is 0.186. The van der Waals surface area contributed by atoms with Crippen LogP contribution in [0.25, 0.3) is 0 Å². The molecule has 0 atom stereocenters. The van der Waals surface area contributed by atoms with Crippen molar-refractivity contribution in [2.45, 2.75) is 64.7 Å². The molecule has 0 aromatic heterocycles. The fourth-order valence-electron chi connectivity index (χ4n) is 2.89. The van der Waals surface area contributed by atoms with E-state index in [9.17, 15) is 4.79 Å². The third-order valence-corrected chi connectivity index (χ3v) is 4.26. The summed E-state index contributed by atoms with van der Waals surface area (Å²) in [7, 11) is 0. The van der Waals surface area contributed by atoms with Crippen LogP contribution in [-0.4, -0.2) is 5.78 Å². The molecule has 0 amide bonds. The summed E-state index contributed by atoms with van der Waals surface area (Å²) >= 11 is 0. The van der Waals surface area contributed by atoms with Crippen molar-refractivity contribution in [3.05, 3.63) is 35.4 Å². The number of hydrogen-bond acceptors (Lipinski definition) is 1. The predicted molar refractivity (Wildman–Crippen MR) is 80.4 cm³/mol. The molecule has 0 N–H and O–H groups in total. The van der Waals surface area contributed by atoms with Gasteiger partial charge in [-0.1, -0.05) is 64.3 Å². The van der Waals surface area contributed by atoms with E-state index >= 15 is 0 Å². The maximum Gasteiger partial charge on any atom is 0.140 e. The summed E-state index contributed by atoms with van der Waals surface area (Å²) in [4.78, 5) is 12.2. The lowest BCUT2D eigenvalue weighted by Gasteiger charge is -2.21. The van der Waals surface area contributed by atoms with Gasteiger partial charge in [0, 0.05) is 12.3 Å². The van der Waals surface area contributed by atoms with Gasteiger partial charge >= 0.3 is 0 Å². The number of carbonyl (C=O) groups excluding carboxylic acids is 1. The zero-order valence-electron chi connectivity index (χ0n) is 12.5. The number of rotatable bonds is 3. The summed E-state index contributed by atoms with van der Waals surface area (Å²) in [6, 6.07) is 8.59. The maximum absolute atomic E-state index is 12.2. The van der Waals surface area contributed by atoms with Gasteiger partial charge in [-0.15, -0.1) is 0 Å². The fourth-order valence-corrected chi connectivity index (χ4v) is 2.89. The molecule has 0 spiro atoms. The Bertz CT molecular complexity index is 416. The summed E-state index contributed by atoms with van der Waals surface area (Å²) in [5.41, 5.74) is 2.69. The van der Waals surface area contributed by atoms with Gasteiger partial charge < -0.3 is 0 Å². The lowest BCUT2D eigenvalue weighted by molar-refractivity contribution is -0.123. The van der Waals surface area contributed by atoms with Gasteiger partial charge in [-0.25, -0.2) is 0 Å². The van der Waals surface area contributed by atoms with Crippen molar-refractivity contribution in [2.24, 2.45) is 5.92 Å². The molecule has 1 fully saturated rings. The predicted octanol–water partition coefficient (Wildman–Crippen LogP) is 4.68. The van der Waals surface area contributed by atoms with Gasteiger partial charge in [-0.3, -0.25) is 4.79 Å². The van der Waals surface area contributed by atoms with Crippen LogP contribution in [0.2, 0.25) is 0 Å². The molecule has 0 saturated heterocycles. The van der Waals surface area contributed by atoms with Gasteiger partial charge in [-0.2, -0.15) is 0 Å². The summed E-state index contributed by atoms with van der Waals surface area (Å²) in [6.45, 7) is 6.65. The van der Waals surface area contributed by atoms with Crippen molar-refractivity contribution in [1.82, 2.24) is 0 Å². The topological polar surface area (TPSA) is 17.1 Å². The highest BCUT2D eigenvalue weighted by Gasteiger charge is 2.21. The van der Waals surface area contributed by atoms with Crippen molar-refractivity contribution in [2.75, 3.05) is 0 Å².